The average molecular weight is 478 g/mol. The van der Waals surface area contributed by atoms with E-state index in [1.54, 1.807) is 24.3 Å². The summed E-state index contributed by atoms with van der Waals surface area (Å²) in [7, 11) is -2.50. The topological polar surface area (TPSA) is 117 Å². The normalized spacial score (nSPS) is 11.2. The van der Waals surface area contributed by atoms with Gasteiger partial charge in [0.1, 0.15) is 11.3 Å². The standard InChI is InChI=1S/C25H23N3O5S/c1-33-19-9-5-8-18(14-19)28-34(31,32)20-10-11-23-21(15-20)24(29)22(16-27-23)25(30)26-13-12-17-6-3-2-4-7-17/h2-11,14-16,28H,12-13H2,1H3,(H,26,30)(H,27,29). The van der Waals surface area contributed by atoms with Gasteiger partial charge in [-0.25, -0.2) is 8.42 Å². The van der Waals surface area contributed by atoms with Crippen LogP contribution in [0, 0.1) is 0 Å². The summed E-state index contributed by atoms with van der Waals surface area (Å²) in [6, 6.07) is 20.3. The number of rotatable bonds is 8. The van der Waals surface area contributed by atoms with Gasteiger partial charge in [0.2, 0.25) is 5.43 Å². The third kappa shape index (κ3) is 5.10. The van der Waals surface area contributed by atoms with Crippen LogP contribution in [0.4, 0.5) is 5.69 Å². The van der Waals surface area contributed by atoms with Crippen molar-refractivity contribution in [2.24, 2.45) is 0 Å². The molecule has 3 aromatic carbocycles. The number of carbonyl (C=O) groups excluding carboxylic acids is 1. The van der Waals surface area contributed by atoms with Gasteiger partial charge >= 0.3 is 0 Å². The summed E-state index contributed by atoms with van der Waals surface area (Å²) in [5.74, 6) is -0.0279. The van der Waals surface area contributed by atoms with E-state index in [1.807, 2.05) is 30.3 Å². The monoisotopic (exact) mass is 477 g/mol. The zero-order chi connectivity index (χ0) is 24.1. The molecule has 4 aromatic rings. The molecule has 0 bridgehead atoms. The second kappa shape index (κ2) is 9.80. The van der Waals surface area contributed by atoms with E-state index < -0.39 is 21.4 Å². The number of benzene rings is 3. The first-order valence-corrected chi connectivity index (χ1v) is 12.0. The molecule has 0 aliphatic carbocycles. The Morgan fingerprint density at radius 3 is 2.56 bits per heavy atom. The first-order valence-electron chi connectivity index (χ1n) is 10.5. The van der Waals surface area contributed by atoms with Crippen molar-refractivity contribution < 1.29 is 17.9 Å². The Labute approximate surface area is 196 Å². The van der Waals surface area contributed by atoms with Gasteiger partial charge in [0.15, 0.2) is 0 Å². The molecule has 9 heteroatoms. The smallest absolute Gasteiger partial charge is 0.261 e. The average Bonchev–Trinajstić information content (AvgIpc) is 2.84. The molecule has 34 heavy (non-hydrogen) atoms. The number of aromatic nitrogens is 1. The molecular formula is C25H23N3O5S. The summed E-state index contributed by atoms with van der Waals surface area (Å²) in [5.41, 5.74) is 1.17. The largest absolute Gasteiger partial charge is 0.497 e. The molecule has 0 saturated heterocycles. The van der Waals surface area contributed by atoms with Crippen molar-refractivity contribution >= 4 is 32.5 Å². The number of hydrogen-bond acceptors (Lipinski definition) is 5. The van der Waals surface area contributed by atoms with Gasteiger partial charge in [0.05, 0.1) is 17.7 Å². The van der Waals surface area contributed by atoms with Crippen LogP contribution in [0.2, 0.25) is 0 Å². The maximum Gasteiger partial charge on any atom is 0.261 e. The predicted molar refractivity (Wildman–Crippen MR) is 131 cm³/mol. The van der Waals surface area contributed by atoms with Crippen LogP contribution in [0.1, 0.15) is 15.9 Å². The van der Waals surface area contributed by atoms with Gasteiger partial charge in [-0.3, -0.25) is 14.3 Å². The number of nitrogens with one attached hydrogen (secondary N) is 3. The molecular weight excluding hydrogens is 454 g/mol. The first kappa shape index (κ1) is 23.1. The van der Waals surface area contributed by atoms with Crippen LogP contribution in [0.5, 0.6) is 5.75 Å². The molecule has 0 aliphatic rings. The van der Waals surface area contributed by atoms with Crippen molar-refractivity contribution in [1.29, 1.82) is 0 Å². The molecule has 0 saturated carbocycles. The van der Waals surface area contributed by atoms with E-state index in [9.17, 15) is 18.0 Å². The van der Waals surface area contributed by atoms with Gasteiger partial charge in [0, 0.05) is 29.7 Å². The Hall–Kier alpha value is -4.11. The number of H-pyrrole nitrogens is 1. The van der Waals surface area contributed by atoms with E-state index in [2.05, 4.69) is 15.0 Å². The van der Waals surface area contributed by atoms with Crippen molar-refractivity contribution in [2.75, 3.05) is 18.4 Å². The molecule has 8 nitrogen and oxygen atoms in total. The van der Waals surface area contributed by atoms with Crippen LogP contribution in [0.25, 0.3) is 10.9 Å². The maximum absolute atomic E-state index is 13.0. The molecule has 174 valence electrons. The first-order chi connectivity index (χ1) is 16.4. The molecule has 1 amide bonds. The highest BCUT2D eigenvalue weighted by molar-refractivity contribution is 7.92. The molecule has 4 rings (SSSR count). The van der Waals surface area contributed by atoms with Gasteiger partial charge in [-0.2, -0.15) is 0 Å². The minimum atomic E-state index is -3.98. The molecule has 3 N–H and O–H groups in total. The number of pyridine rings is 1. The lowest BCUT2D eigenvalue weighted by atomic mass is 10.1. The zero-order valence-corrected chi connectivity index (χ0v) is 19.2. The number of ether oxygens (including phenoxy) is 1. The highest BCUT2D eigenvalue weighted by atomic mass is 32.2. The van der Waals surface area contributed by atoms with Crippen LogP contribution in [-0.4, -0.2) is 33.0 Å². The fraction of sp³-hybridized carbons (Fsp3) is 0.120. The highest BCUT2D eigenvalue weighted by Gasteiger charge is 2.18. The van der Waals surface area contributed by atoms with Crippen LogP contribution >= 0.6 is 0 Å². The van der Waals surface area contributed by atoms with E-state index in [0.717, 1.165) is 5.56 Å². The highest BCUT2D eigenvalue weighted by Crippen LogP contribution is 2.22. The quantitative estimate of drug-likeness (QED) is 0.360. The Balaban J connectivity index is 1.57. The van der Waals surface area contributed by atoms with Crippen LogP contribution in [0.3, 0.4) is 0 Å². The summed E-state index contributed by atoms with van der Waals surface area (Å²) < 4.78 is 33.4. The lowest BCUT2D eigenvalue weighted by molar-refractivity contribution is 0.0953. The molecule has 0 radical (unpaired) electrons. The molecule has 0 spiro atoms. The number of sulfonamides is 1. The van der Waals surface area contributed by atoms with E-state index in [4.69, 9.17) is 4.74 Å². The van der Waals surface area contributed by atoms with E-state index >= 15 is 0 Å². The molecule has 0 aliphatic heterocycles. The number of fused-ring (bicyclic) bond motifs is 1. The summed E-state index contributed by atoms with van der Waals surface area (Å²) in [6.07, 6.45) is 1.96. The van der Waals surface area contributed by atoms with Crippen molar-refractivity contribution in [1.82, 2.24) is 10.3 Å². The number of methoxy groups -OCH3 is 1. The van der Waals surface area contributed by atoms with Gasteiger partial charge in [-0.05, 0) is 42.3 Å². The summed E-state index contributed by atoms with van der Waals surface area (Å²) >= 11 is 0. The Bertz CT molecular complexity index is 1500. The zero-order valence-electron chi connectivity index (χ0n) is 18.4. The van der Waals surface area contributed by atoms with Crippen LogP contribution in [-0.2, 0) is 16.4 Å². The third-order valence-corrected chi connectivity index (χ3v) is 6.65. The van der Waals surface area contributed by atoms with E-state index in [-0.39, 0.29) is 15.8 Å². The van der Waals surface area contributed by atoms with Gasteiger partial charge < -0.3 is 15.0 Å². The Morgan fingerprint density at radius 1 is 1.00 bits per heavy atom. The second-order valence-electron chi connectivity index (χ2n) is 7.57. The second-order valence-corrected chi connectivity index (χ2v) is 9.25. The Morgan fingerprint density at radius 2 is 1.79 bits per heavy atom. The third-order valence-electron chi connectivity index (χ3n) is 5.27. The van der Waals surface area contributed by atoms with Crippen molar-refractivity contribution in [2.45, 2.75) is 11.3 Å². The van der Waals surface area contributed by atoms with Gasteiger partial charge in [0.25, 0.3) is 15.9 Å². The summed E-state index contributed by atoms with van der Waals surface area (Å²) in [6.45, 7) is 0.360. The molecule has 1 heterocycles. The van der Waals surface area contributed by atoms with Crippen molar-refractivity contribution in [3.05, 3.63) is 100 Å². The van der Waals surface area contributed by atoms with E-state index in [0.29, 0.717) is 29.9 Å². The molecule has 0 atom stereocenters. The lowest BCUT2D eigenvalue weighted by Gasteiger charge is -2.10. The SMILES string of the molecule is COc1cccc(NS(=O)(=O)c2ccc3[nH]cc(C(=O)NCCc4ccccc4)c(=O)c3c2)c1. The maximum atomic E-state index is 13.0. The van der Waals surface area contributed by atoms with Crippen LogP contribution in [0.15, 0.2) is 88.7 Å². The molecule has 0 fully saturated rings. The number of amides is 1. The minimum absolute atomic E-state index is 0.0872. The van der Waals surface area contributed by atoms with E-state index in [1.165, 1.54) is 31.5 Å². The number of carbonyl (C=O) groups is 1. The van der Waals surface area contributed by atoms with Crippen molar-refractivity contribution in [3.8, 4) is 5.75 Å². The van der Waals surface area contributed by atoms with Gasteiger partial charge in [-0.1, -0.05) is 36.4 Å². The summed E-state index contributed by atoms with van der Waals surface area (Å²) in [5, 5.41) is 2.84. The number of anilines is 1. The number of aromatic amines is 1. The summed E-state index contributed by atoms with van der Waals surface area (Å²) in [4.78, 5) is 28.4. The minimum Gasteiger partial charge on any atom is -0.497 e. The molecule has 0 unspecified atom stereocenters. The fourth-order valence-corrected chi connectivity index (χ4v) is 4.57. The lowest BCUT2D eigenvalue weighted by Crippen LogP contribution is -2.30. The van der Waals surface area contributed by atoms with Crippen LogP contribution < -0.4 is 20.2 Å². The molecule has 1 aromatic heterocycles. The van der Waals surface area contributed by atoms with Crippen molar-refractivity contribution in [3.63, 3.8) is 0 Å². The number of hydrogen-bond donors (Lipinski definition) is 3. The fourth-order valence-electron chi connectivity index (χ4n) is 3.49. The Kier molecular flexibility index (Phi) is 6.65. The van der Waals surface area contributed by atoms with Gasteiger partial charge in [-0.15, -0.1) is 0 Å². The predicted octanol–water partition coefficient (Wildman–Crippen LogP) is 3.31.